The number of para-hydroxylation sites is 1. The van der Waals surface area contributed by atoms with Gasteiger partial charge in [-0.1, -0.05) is 105 Å². The van der Waals surface area contributed by atoms with Crippen LogP contribution in [0.4, 0.5) is 0 Å². The second-order valence-electron chi connectivity index (χ2n) is 18.4. The molecule has 0 bridgehead atoms. The van der Waals surface area contributed by atoms with Crippen molar-refractivity contribution < 1.29 is 25.8 Å². The molecular weight excluding hydrogens is 856 g/mol. The number of benzene rings is 3. The quantitative estimate of drug-likeness (QED) is 0.113. The van der Waals surface area contributed by atoms with Crippen LogP contribution in [-0.4, -0.2) is 19.3 Å². The van der Waals surface area contributed by atoms with Gasteiger partial charge in [0.1, 0.15) is 5.82 Å². The zero-order valence-corrected chi connectivity index (χ0v) is 37.1. The number of fused-ring (bicyclic) bond motifs is 3. The van der Waals surface area contributed by atoms with E-state index in [9.17, 15) is 0 Å². The number of nitrogens with zero attached hydrogens (tertiary/aromatic N) is 4. The number of aromatic nitrogens is 4. The Morgan fingerprint density at radius 2 is 1.62 bits per heavy atom. The molecule has 3 aromatic carbocycles. The van der Waals surface area contributed by atoms with E-state index in [4.69, 9.17) is 14.8 Å². The van der Waals surface area contributed by atoms with E-state index in [1.807, 2.05) is 12.3 Å². The Morgan fingerprint density at radius 3 is 2.31 bits per heavy atom. The molecule has 290 valence electrons. The van der Waals surface area contributed by atoms with Crippen LogP contribution in [-0.2, 0) is 27.5 Å². The van der Waals surface area contributed by atoms with Gasteiger partial charge >= 0.3 is 21.1 Å². The third-order valence-corrected chi connectivity index (χ3v) is 11.4. The number of hydrogen-bond acceptors (Lipinski definition) is 3. The van der Waals surface area contributed by atoms with Crippen LogP contribution in [0.25, 0.3) is 33.3 Å². The zero-order chi connectivity index (χ0) is 38.7. The molecule has 7 rings (SSSR count). The molecule has 55 heavy (non-hydrogen) atoms. The van der Waals surface area contributed by atoms with Crippen LogP contribution in [0.15, 0.2) is 78.5 Å². The van der Waals surface area contributed by atoms with Crippen LogP contribution in [0, 0.1) is 48.6 Å². The van der Waals surface area contributed by atoms with Gasteiger partial charge in [0.05, 0.1) is 5.69 Å². The number of pyridine rings is 1. The number of aryl methyl sites for hydroxylation is 1. The minimum absolute atomic E-state index is 0. The zero-order valence-electron chi connectivity index (χ0n) is 34.9. The second kappa shape index (κ2) is 15.5. The maximum Gasteiger partial charge on any atom is 2.00 e. The standard InChI is InChI=1S/C49H58N4O.Pt/c1-30(2)24-34-22-23-50-45(25-34)52-43-19-14-13-16-39(43)40-21-20-37(29-44(40)52)54-38-27-35(31(3)4)26-36(28-38)53-33(6)46(32(5)51-53)47-41(48(7,8)9)17-15-18-42(47)49(10,11)12;/h13-14,16-17,19-23,25-27,30-31,42,47H,15,18,24H2,1-12H3;/q-2;+2/t42-,47?;/m0./s1. The van der Waals surface area contributed by atoms with Gasteiger partial charge in [-0.2, -0.15) is 11.2 Å². The topological polar surface area (TPSA) is 44.9 Å². The van der Waals surface area contributed by atoms with Crippen LogP contribution in [0.3, 0.4) is 0 Å². The first kappa shape index (κ1) is 40.7. The third-order valence-electron chi connectivity index (χ3n) is 11.4. The second-order valence-corrected chi connectivity index (χ2v) is 18.4. The van der Waals surface area contributed by atoms with Crippen LogP contribution in [0.5, 0.6) is 11.5 Å². The SMILES string of the molecule is Cc1nn(-c2[c-]c(Oc3[c-]c4c(cc3)c3ccccc3n4-c3cc(CC(C)C)ccn3)cc(C(C)C)c2)c(C)c1C1C(C(C)(C)C)=CCC[C@@H]1C(C)(C)C.[Pt+2]. The smallest absolute Gasteiger partial charge is 0.509 e. The van der Waals surface area contributed by atoms with Crippen molar-refractivity contribution >= 4 is 21.8 Å². The van der Waals surface area contributed by atoms with Crippen molar-refractivity contribution in [3.8, 4) is 23.0 Å². The van der Waals surface area contributed by atoms with E-state index in [0.717, 1.165) is 46.5 Å². The molecule has 0 saturated heterocycles. The average Bonchev–Trinajstić information content (AvgIpc) is 3.59. The Bertz CT molecular complexity index is 2360. The molecule has 3 aromatic heterocycles. The number of rotatable bonds is 8. The monoisotopic (exact) mass is 913 g/mol. The molecule has 2 atom stereocenters. The maximum atomic E-state index is 6.72. The van der Waals surface area contributed by atoms with Gasteiger partial charge in [0.25, 0.3) is 0 Å². The number of allylic oxidation sites excluding steroid dienone is 2. The summed E-state index contributed by atoms with van der Waals surface area (Å²) in [6.45, 7) is 27.7. The fraction of sp³-hybridized carbons (Fsp3) is 0.429. The largest absolute Gasteiger partial charge is 2.00 e. The predicted octanol–water partition coefficient (Wildman–Crippen LogP) is 13.2. The Hall–Kier alpha value is -3.95. The first-order valence-electron chi connectivity index (χ1n) is 19.9. The summed E-state index contributed by atoms with van der Waals surface area (Å²) in [5.74, 6) is 3.85. The molecule has 0 amide bonds. The molecule has 0 radical (unpaired) electrons. The summed E-state index contributed by atoms with van der Waals surface area (Å²) in [5.41, 5.74) is 10.8. The normalized spacial score (nSPS) is 16.6. The van der Waals surface area contributed by atoms with Gasteiger partial charge in [0.2, 0.25) is 0 Å². The molecule has 0 fully saturated rings. The minimum Gasteiger partial charge on any atom is -0.509 e. The Labute approximate surface area is 343 Å². The van der Waals surface area contributed by atoms with Gasteiger partial charge in [0.15, 0.2) is 0 Å². The summed E-state index contributed by atoms with van der Waals surface area (Å²) in [7, 11) is 0. The van der Waals surface area contributed by atoms with Gasteiger partial charge in [-0.25, -0.2) is 4.98 Å². The number of hydrogen-bond donors (Lipinski definition) is 0. The Kier molecular flexibility index (Phi) is 11.5. The van der Waals surface area contributed by atoms with Crippen molar-refractivity contribution in [1.29, 1.82) is 0 Å². The fourth-order valence-corrected chi connectivity index (χ4v) is 8.85. The van der Waals surface area contributed by atoms with Crippen LogP contribution in [0.2, 0.25) is 0 Å². The van der Waals surface area contributed by atoms with Crippen LogP contribution in [0.1, 0.15) is 122 Å². The summed E-state index contributed by atoms with van der Waals surface area (Å²) in [5, 5.41) is 7.54. The average molecular weight is 914 g/mol. The minimum atomic E-state index is 0. The van der Waals surface area contributed by atoms with E-state index < -0.39 is 0 Å². The van der Waals surface area contributed by atoms with Crippen molar-refractivity contribution in [2.24, 2.45) is 22.7 Å². The van der Waals surface area contributed by atoms with E-state index in [1.54, 1.807) is 0 Å². The van der Waals surface area contributed by atoms with Gasteiger partial charge in [-0.15, -0.1) is 41.3 Å². The number of ether oxygens (including phenoxy) is 1. The molecule has 6 heteroatoms. The van der Waals surface area contributed by atoms with E-state index in [-0.39, 0.29) is 37.8 Å². The molecule has 1 aliphatic carbocycles. The summed E-state index contributed by atoms with van der Waals surface area (Å²) < 4.78 is 11.1. The van der Waals surface area contributed by atoms with Gasteiger partial charge in [-0.3, -0.25) is 4.68 Å². The van der Waals surface area contributed by atoms with Gasteiger partial charge in [0, 0.05) is 40.4 Å². The molecule has 0 aliphatic heterocycles. The summed E-state index contributed by atoms with van der Waals surface area (Å²) in [6.07, 6.45) is 7.75. The van der Waals surface area contributed by atoms with Crippen LogP contribution < -0.4 is 4.74 Å². The Balaban J connectivity index is 0.00000514. The van der Waals surface area contributed by atoms with Gasteiger partial charge in [-0.05, 0) is 96.5 Å². The van der Waals surface area contributed by atoms with Crippen molar-refractivity contribution in [2.75, 3.05) is 0 Å². The maximum absolute atomic E-state index is 6.72. The molecule has 0 spiro atoms. The molecular formula is C49H58N4OPt. The first-order valence-corrected chi connectivity index (χ1v) is 19.9. The van der Waals surface area contributed by atoms with Crippen molar-refractivity contribution in [2.45, 2.75) is 114 Å². The molecule has 0 N–H and O–H groups in total. The predicted molar refractivity (Wildman–Crippen MR) is 224 cm³/mol. The fourth-order valence-electron chi connectivity index (χ4n) is 8.85. The van der Waals surface area contributed by atoms with E-state index >= 15 is 0 Å². The summed E-state index contributed by atoms with van der Waals surface area (Å²) >= 11 is 0. The molecule has 1 unspecified atom stereocenters. The van der Waals surface area contributed by atoms with Crippen molar-refractivity contribution in [1.82, 2.24) is 19.3 Å². The molecule has 3 heterocycles. The van der Waals surface area contributed by atoms with Gasteiger partial charge < -0.3 is 9.30 Å². The first-order chi connectivity index (χ1) is 25.5. The van der Waals surface area contributed by atoms with Crippen molar-refractivity contribution in [3.63, 3.8) is 0 Å². The van der Waals surface area contributed by atoms with E-state index in [0.29, 0.717) is 29.3 Å². The summed E-state index contributed by atoms with van der Waals surface area (Å²) in [6, 6.07) is 28.6. The third kappa shape index (κ3) is 8.02. The van der Waals surface area contributed by atoms with E-state index in [2.05, 4.69) is 165 Å². The van der Waals surface area contributed by atoms with Crippen molar-refractivity contribution in [3.05, 3.63) is 119 Å². The molecule has 0 saturated carbocycles. The van der Waals surface area contributed by atoms with E-state index in [1.165, 1.54) is 39.8 Å². The Morgan fingerprint density at radius 1 is 0.873 bits per heavy atom. The van der Waals surface area contributed by atoms with Crippen LogP contribution >= 0.6 is 0 Å². The molecule has 6 aromatic rings. The molecule has 5 nitrogen and oxygen atoms in total. The molecule has 1 aliphatic rings. The summed E-state index contributed by atoms with van der Waals surface area (Å²) in [4.78, 5) is 4.85.